The number of amides is 1. The number of halogens is 1. The Morgan fingerprint density at radius 2 is 1.84 bits per heavy atom. The van der Waals surface area contributed by atoms with E-state index in [-0.39, 0.29) is 15.5 Å². The molecule has 0 unspecified atom stereocenters. The number of carbonyl (C=O) groups is 1. The molecule has 0 saturated carbocycles. The van der Waals surface area contributed by atoms with Gasteiger partial charge in [0.1, 0.15) is 0 Å². The number of sulfonamides is 1. The van der Waals surface area contributed by atoms with Gasteiger partial charge >= 0.3 is 0 Å². The third-order valence-corrected chi connectivity index (χ3v) is 8.55. The number of hydrogen-bond donors (Lipinski definition) is 1. The van der Waals surface area contributed by atoms with Crippen LogP contribution in [0.25, 0.3) is 21.0 Å². The predicted molar refractivity (Wildman–Crippen MR) is 125 cm³/mol. The molecule has 0 bridgehead atoms. The van der Waals surface area contributed by atoms with Crippen LogP contribution < -0.4 is 5.32 Å². The van der Waals surface area contributed by atoms with Crippen molar-refractivity contribution in [2.75, 3.05) is 18.4 Å². The van der Waals surface area contributed by atoms with Crippen LogP contribution in [0, 0.1) is 0 Å². The van der Waals surface area contributed by atoms with E-state index in [1.165, 1.54) is 33.8 Å². The van der Waals surface area contributed by atoms with E-state index < -0.39 is 15.9 Å². The summed E-state index contributed by atoms with van der Waals surface area (Å²) in [5, 5.41) is 5.47. The van der Waals surface area contributed by atoms with Crippen molar-refractivity contribution in [1.29, 1.82) is 0 Å². The summed E-state index contributed by atoms with van der Waals surface area (Å²) < 4.78 is 28.1. The Bertz CT molecular complexity index is 1430. The van der Waals surface area contributed by atoms with Crippen LogP contribution in [-0.2, 0) is 10.0 Å². The zero-order chi connectivity index (χ0) is 21.6. The zero-order valence-corrected chi connectivity index (χ0v) is 18.7. The molecule has 158 valence electrons. The van der Waals surface area contributed by atoms with Crippen LogP contribution in [0.15, 0.2) is 59.5 Å². The Balaban J connectivity index is 1.47. The molecule has 2 heterocycles. The summed E-state index contributed by atoms with van der Waals surface area (Å²) in [7, 11) is -3.65. The van der Waals surface area contributed by atoms with Crippen LogP contribution in [0.1, 0.15) is 23.2 Å². The standard InChI is InChI=1S/C22H18ClN3O3S2/c23-18-9-8-15(31(28,29)26-11-3-4-12-26)13-17(18)21(27)25-22-24-20-16-6-2-1-5-14(16)7-10-19(20)30-22/h1-2,5-10,13H,3-4,11-12H2,(H,24,25,27). The van der Waals surface area contributed by atoms with Gasteiger partial charge in [-0.2, -0.15) is 4.31 Å². The summed E-state index contributed by atoms with van der Waals surface area (Å²) in [4.78, 5) is 17.6. The molecule has 0 radical (unpaired) electrons. The molecule has 0 aliphatic carbocycles. The minimum Gasteiger partial charge on any atom is -0.298 e. The van der Waals surface area contributed by atoms with E-state index in [1.54, 1.807) is 0 Å². The first-order chi connectivity index (χ1) is 14.9. The monoisotopic (exact) mass is 471 g/mol. The first-order valence-electron chi connectivity index (χ1n) is 9.83. The lowest BCUT2D eigenvalue weighted by molar-refractivity contribution is 0.102. The molecule has 4 aromatic rings. The van der Waals surface area contributed by atoms with Gasteiger partial charge in [-0.25, -0.2) is 13.4 Å². The molecule has 31 heavy (non-hydrogen) atoms. The van der Waals surface area contributed by atoms with Crippen molar-refractivity contribution in [3.8, 4) is 0 Å². The normalized spacial score (nSPS) is 15.0. The third-order valence-electron chi connectivity index (χ3n) is 5.39. The van der Waals surface area contributed by atoms with Crippen LogP contribution in [0.3, 0.4) is 0 Å². The molecule has 9 heteroatoms. The smallest absolute Gasteiger partial charge is 0.259 e. The van der Waals surface area contributed by atoms with Crippen LogP contribution in [-0.4, -0.2) is 36.7 Å². The highest BCUT2D eigenvalue weighted by Crippen LogP contribution is 2.32. The maximum Gasteiger partial charge on any atom is 0.259 e. The number of benzene rings is 3. The molecule has 5 rings (SSSR count). The highest BCUT2D eigenvalue weighted by atomic mass is 35.5. The number of nitrogens with zero attached hydrogens (tertiary/aromatic N) is 2. The second-order valence-corrected chi connectivity index (χ2v) is 10.7. The van der Waals surface area contributed by atoms with E-state index in [1.807, 2.05) is 36.4 Å². The van der Waals surface area contributed by atoms with Gasteiger partial charge < -0.3 is 0 Å². The fourth-order valence-corrected chi connectivity index (χ4v) is 6.42. The first kappa shape index (κ1) is 20.4. The number of carbonyl (C=O) groups excluding carboxylic acids is 1. The molecule has 1 aliphatic heterocycles. The molecular weight excluding hydrogens is 454 g/mol. The Labute approximate surface area is 188 Å². The molecule has 1 fully saturated rings. The minimum atomic E-state index is -3.65. The van der Waals surface area contributed by atoms with E-state index in [4.69, 9.17) is 11.6 Å². The van der Waals surface area contributed by atoms with Crippen molar-refractivity contribution in [1.82, 2.24) is 9.29 Å². The average Bonchev–Trinajstić information content (AvgIpc) is 3.44. The van der Waals surface area contributed by atoms with Crippen LogP contribution in [0.4, 0.5) is 5.13 Å². The summed E-state index contributed by atoms with van der Waals surface area (Å²) >= 11 is 7.60. The molecular formula is C22H18ClN3O3S2. The van der Waals surface area contributed by atoms with Crippen LogP contribution in [0.2, 0.25) is 5.02 Å². The highest BCUT2D eigenvalue weighted by Gasteiger charge is 2.28. The fourth-order valence-electron chi connectivity index (χ4n) is 3.80. The molecule has 0 atom stereocenters. The third kappa shape index (κ3) is 3.70. The minimum absolute atomic E-state index is 0.0687. The molecule has 1 saturated heterocycles. The van der Waals surface area contributed by atoms with Crippen LogP contribution >= 0.6 is 22.9 Å². The summed E-state index contributed by atoms with van der Waals surface area (Å²) in [5.41, 5.74) is 0.918. The summed E-state index contributed by atoms with van der Waals surface area (Å²) in [6.07, 6.45) is 1.68. The second-order valence-electron chi connectivity index (χ2n) is 7.36. The Morgan fingerprint density at radius 1 is 1.06 bits per heavy atom. The van der Waals surface area contributed by atoms with Crippen LogP contribution in [0.5, 0.6) is 0 Å². The Morgan fingerprint density at radius 3 is 2.65 bits per heavy atom. The lowest BCUT2D eigenvalue weighted by Gasteiger charge is -2.16. The van der Waals surface area contributed by atoms with E-state index in [9.17, 15) is 13.2 Å². The first-order valence-corrected chi connectivity index (χ1v) is 12.5. The largest absolute Gasteiger partial charge is 0.298 e. The van der Waals surface area contributed by atoms with Crippen molar-refractivity contribution in [3.63, 3.8) is 0 Å². The number of rotatable bonds is 4. The fraction of sp³-hybridized carbons (Fsp3) is 0.182. The van der Waals surface area contributed by atoms with Crippen molar-refractivity contribution >= 4 is 65.0 Å². The summed E-state index contributed by atoms with van der Waals surface area (Å²) in [6.45, 7) is 0.984. The van der Waals surface area contributed by atoms with Gasteiger partial charge in [-0.1, -0.05) is 53.3 Å². The van der Waals surface area contributed by atoms with E-state index >= 15 is 0 Å². The highest BCUT2D eigenvalue weighted by molar-refractivity contribution is 7.89. The van der Waals surface area contributed by atoms with Gasteiger partial charge in [0.25, 0.3) is 5.91 Å². The number of hydrogen-bond acceptors (Lipinski definition) is 5. The number of fused-ring (bicyclic) bond motifs is 3. The van der Waals surface area contributed by atoms with Gasteiger partial charge in [0, 0.05) is 18.5 Å². The molecule has 1 N–H and O–H groups in total. The topological polar surface area (TPSA) is 79.4 Å². The number of nitrogens with one attached hydrogen (secondary N) is 1. The lowest BCUT2D eigenvalue weighted by Crippen LogP contribution is -2.28. The van der Waals surface area contributed by atoms with Gasteiger partial charge in [0.15, 0.2) is 5.13 Å². The van der Waals surface area contributed by atoms with E-state index in [2.05, 4.69) is 10.3 Å². The molecule has 1 amide bonds. The molecule has 1 aliphatic rings. The lowest BCUT2D eigenvalue weighted by atomic mass is 10.1. The average molecular weight is 472 g/mol. The second kappa shape index (κ2) is 7.87. The zero-order valence-electron chi connectivity index (χ0n) is 16.3. The number of thiazole rings is 1. The van der Waals surface area contributed by atoms with Gasteiger partial charge in [0.2, 0.25) is 10.0 Å². The van der Waals surface area contributed by atoms with Gasteiger partial charge in [-0.05, 0) is 42.5 Å². The molecule has 6 nitrogen and oxygen atoms in total. The van der Waals surface area contributed by atoms with Crippen molar-refractivity contribution in [3.05, 3.63) is 65.2 Å². The van der Waals surface area contributed by atoms with Gasteiger partial charge in [0.05, 0.1) is 25.7 Å². The molecule has 3 aromatic carbocycles. The van der Waals surface area contributed by atoms with E-state index in [0.717, 1.165) is 33.8 Å². The van der Waals surface area contributed by atoms with Crippen molar-refractivity contribution < 1.29 is 13.2 Å². The maximum absolute atomic E-state index is 12.9. The van der Waals surface area contributed by atoms with Gasteiger partial charge in [-0.3, -0.25) is 10.1 Å². The number of aromatic nitrogens is 1. The van der Waals surface area contributed by atoms with Gasteiger partial charge in [-0.15, -0.1) is 0 Å². The maximum atomic E-state index is 12.9. The predicted octanol–water partition coefficient (Wildman–Crippen LogP) is 5.14. The Hall–Kier alpha value is -2.52. The molecule has 0 spiro atoms. The quantitative estimate of drug-likeness (QED) is 0.447. The van der Waals surface area contributed by atoms with Crippen molar-refractivity contribution in [2.45, 2.75) is 17.7 Å². The Kier molecular flexibility index (Phi) is 5.18. The van der Waals surface area contributed by atoms with Crippen molar-refractivity contribution in [2.24, 2.45) is 0 Å². The molecule has 1 aromatic heterocycles. The summed E-state index contributed by atoms with van der Waals surface area (Å²) in [5.74, 6) is -0.494. The SMILES string of the molecule is O=C(Nc1nc2c(ccc3ccccc32)s1)c1cc(S(=O)(=O)N2CCCC2)ccc1Cl. The number of anilines is 1. The van der Waals surface area contributed by atoms with E-state index in [0.29, 0.717) is 18.2 Å². The summed E-state index contributed by atoms with van der Waals surface area (Å²) in [6, 6.07) is 16.1.